The summed E-state index contributed by atoms with van der Waals surface area (Å²) >= 11 is 0. The molecule has 1 aromatic carbocycles. The Kier molecular flexibility index (Phi) is 7.63. The van der Waals surface area contributed by atoms with Crippen molar-refractivity contribution in [3.05, 3.63) is 35.4 Å². The molecule has 0 radical (unpaired) electrons. The molecule has 2 fully saturated rings. The van der Waals surface area contributed by atoms with Gasteiger partial charge in [-0.1, -0.05) is 32.3 Å². The molecule has 1 aliphatic carbocycles. The maximum atomic E-state index is 14.0. The summed E-state index contributed by atoms with van der Waals surface area (Å²) in [6.07, 6.45) is 6.34. The van der Waals surface area contributed by atoms with Gasteiger partial charge in [-0.3, -0.25) is 9.69 Å². The van der Waals surface area contributed by atoms with Crippen LogP contribution < -0.4 is 0 Å². The molecule has 0 unspecified atom stereocenters. The third-order valence-electron chi connectivity index (χ3n) is 6.61. The van der Waals surface area contributed by atoms with Crippen LogP contribution in [0.1, 0.15) is 68.6 Å². The summed E-state index contributed by atoms with van der Waals surface area (Å²) in [6.45, 7) is 4.04. The summed E-state index contributed by atoms with van der Waals surface area (Å²) in [4.78, 5) is 15.0. The molecule has 0 aromatic heterocycles. The van der Waals surface area contributed by atoms with Crippen LogP contribution >= 0.6 is 0 Å². The van der Waals surface area contributed by atoms with Gasteiger partial charge in [-0.15, -0.1) is 0 Å². The van der Waals surface area contributed by atoms with E-state index in [1.165, 1.54) is 6.07 Å². The van der Waals surface area contributed by atoms with Crippen LogP contribution in [-0.4, -0.2) is 60.9 Å². The Labute approximate surface area is 178 Å². The number of nitrogens with zero attached hydrogens (tertiary/aromatic N) is 2. The maximum Gasteiger partial charge on any atom is 0.214 e. The normalized spacial score (nSPS) is 20.9. The van der Waals surface area contributed by atoms with Crippen LogP contribution in [0.4, 0.5) is 8.78 Å². The van der Waals surface area contributed by atoms with Crippen LogP contribution in [0.5, 0.6) is 0 Å². The van der Waals surface area contributed by atoms with E-state index in [1.54, 1.807) is 4.31 Å². The van der Waals surface area contributed by atoms with Gasteiger partial charge in [0.2, 0.25) is 10.0 Å². The van der Waals surface area contributed by atoms with Crippen molar-refractivity contribution in [3.8, 4) is 0 Å². The molecule has 30 heavy (non-hydrogen) atoms. The molecule has 1 aromatic rings. The van der Waals surface area contributed by atoms with Gasteiger partial charge in [-0.2, -0.15) is 4.31 Å². The number of hydrogen-bond acceptors (Lipinski definition) is 4. The predicted molar refractivity (Wildman–Crippen MR) is 113 cm³/mol. The van der Waals surface area contributed by atoms with Crippen molar-refractivity contribution in [3.63, 3.8) is 0 Å². The van der Waals surface area contributed by atoms with Crippen molar-refractivity contribution in [2.45, 2.75) is 63.8 Å². The second-order valence-electron chi connectivity index (χ2n) is 8.51. The van der Waals surface area contributed by atoms with E-state index >= 15 is 0 Å². The Morgan fingerprint density at radius 2 is 1.63 bits per heavy atom. The Morgan fingerprint density at radius 3 is 2.20 bits per heavy atom. The zero-order valence-electron chi connectivity index (χ0n) is 17.7. The average Bonchev–Trinajstić information content (AvgIpc) is 2.73. The fourth-order valence-corrected chi connectivity index (χ4v) is 6.49. The van der Waals surface area contributed by atoms with Gasteiger partial charge >= 0.3 is 0 Å². The first-order chi connectivity index (χ1) is 14.3. The first kappa shape index (κ1) is 23.3. The van der Waals surface area contributed by atoms with Crippen LogP contribution in [0, 0.1) is 11.6 Å². The van der Waals surface area contributed by atoms with Crippen LogP contribution in [0.3, 0.4) is 0 Å². The highest BCUT2D eigenvalue weighted by atomic mass is 32.2. The molecule has 1 saturated heterocycles. The van der Waals surface area contributed by atoms with Crippen molar-refractivity contribution in [1.82, 2.24) is 9.21 Å². The number of benzene rings is 1. The number of rotatable bonds is 8. The molecule has 1 saturated carbocycles. The number of Topliss-reactive ketones (excluding diaryl/α,β-unsaturated/α-hetero) is 1. The van der Waals surface area contributed by atoms with Crippen LogP contribution in [0.15, 0.2) is 18.2 Å². The molecule has 1 heterocycles. The number of hydrogen-bond donors (Lipinski definition) is 0. The lowest BCUT2D eigenvalue weighted by Gasteiger charge is -2.50. The van der Waals surface area contributed by atoms with Gasteiger partial charge in [-0.25, -0.2) is 17.2 Å². The number of sulfonamides is 1. The Hall–Kier alpha value is -1.38. The predicted octanol–water partition coefficient (Wildman–Crippen LogP) is 3.99. The number of piperazine rings is 1. The van der Waals surface area contributed by atoms with Gasteiger partial charge in [0.25, 0.3) is 0 Å². The summed E-state index contributed by atoms with van der Waals surface area (Å²) in [7, 11) is -3.21. The Morgan fingerprint density at radius 1 is 1.03 bits per heavy atom. The molecule has 1 aliphatic heterocycles. The van der Waals surface area contributed by atoms with Crippen molar-refractivity contribution in [2.75, 3.05) is 31.9 Å². The minimum absolute atomic E-state index is 0.0895. The molecule has 2 aliphatic rings. The molecule has 0 atom stereocenters. The smallest absolute Gasteiger partial charge is 0.214 e. The third kappa shape index (κ3) is 5.08. The Balaban J connectivity index is 1.69. The van der Waals surface area contributed by atoms with E-state index in [4.69, 9.17) is 0 Å². The van der Waals surface area contributed by atoms with E-state index in [1.807, 2.05) is 6.92 Å². The monoisotopic (exact) mass is 442 g/mol. The van der Waals surface area contributed by atoms with Gasteiger partial charge in [0.15, 0.2) is 5.78 Å². The van der Waals surface area contributed by atoms with Gasteiger partial charge in [0, 0.05) is 38.1 Å². The second-order valence-corrected chi connectivity index (χ2v) is 10.6. The molecule has 0 spiro atoms. The highest BCUT2D eigenvalue weighted by Gasteiger charge is 2.40. The molecule has 0 amide bonds. The van der Waals surface area contributed by atoms with E-state index in [-0.39, 0.29) is 17.7 Å². The molecule has 8 heteroatoms. The van der Waals surface area contributed by atoms with Gasteiger partial charge in [0.05, 0.1) is 11.3 Å². The molecule has 0 bridgehead atoms. The summed E-state index contributed by atoms with van der Waals surface area (Å²) in [5, 5.41) is 0. The lowest BCUT2D eigenvalue weighted by molar-refractivity contribution is 0.0165. The molecular weight excluding hydrogens is 410 g/mol. The zero-order valence-corrected chi connectivity index (χ0v) is 18.5. The topological polar surface area (TPSA) is 57.7 Å². The minimum Gasteiger partial charge on any atom is -0.295 e. The molecule has 0 N–H and O–H groups in total. The zero-order chi connectivity index (χ0) is 21.8. The van der Waals surface area contributed by atoms with E-state index in [0.717, 1.165) is 44.2 Å². The number of carbonyl (C=O) groups excluding carboxylic acids is 1. The van der Waals surface area contributed by atoms with E-state index < -0.39 is 33.0 Å². The van der Waals surface area contributed by atoms with Crippen LogP contribution in [0.25, 0.3) is 0 Å². The second kappa shape index (κ2) is 9.83. The van der Waals surface area contributed by atoms with Crippen LogP contribution in [-0.2, 0) is 10.0 Å². The lowest BCUT2D eigenvalue weighted by atomic mass is 9.76. The summed E-state index contributed by atoms with van der Waals surface area (Å²) in [6, 6.07) is 3.49. The number of carbonyl (C=O) groups is 1. The van der Waals surface area contributed by atoms with Gasteiger partial charge in [-0.05, 0) is 37.8 Å². The molecule has 168 valence electrons. The van der Waals surface area contributed by atoms with Gasteiger partial charge in [0.1, 0.15) is 11.6 Å². The quantitative estimate of drug-likeness (QED) is 0.572. The van der Waals surface area contributed by atoms with E-state index in [0.29, 0.717) is 39.0 Å². The molecule has 3 rings (SSSR count). The SMILES string of the molecule is CCCS(=O)(=O)N1CCN(C2(CCC(=O)c3c(F)cccc3F)CCCCC2)CC1. The van der Waals surface area contributed by atoms with Gasteiger partial charge < -0.3 is 0 Å². The largest absolute Gasteiger partial charge is 0.295 e. The Bertz CT molecular complexity index is 826. The highest BCUT2D eigenvalue weighted by Crippen LogP contribution is 2.38. The fraction of sp³-hybridized carbons (Fsp3) is 0.682. The maximum absolute atomic E-state index is 14.0. The summed E-state index contributed by atoms with van der Waals surface area (Å²) in [5.41, 5.74) is -0.644. The minimum atomic E-state index is -3.21. The van der Waals surface area contributed by atoms with Crippen molar-refractivity contribution in [2.24, 2.45) is 0 Å². The molecular formula is C22H32F2N2O3S. The fourth-order valence-electron chi connectivity index (χ4n) is 5.00. The van der Waals surface area contributed by atoms with Crippen LogP contribution in [0.2, 0.25) is 0 Å². The standard InChI is InChI=1S/C22H32F2N2O3S/c1-2-17-30(28,29)26-15-13-25(14-16-26)22(10-4-3-5-11-22)12-9-20(27)21-18(23)7-6-8-19(21)24/h6-8H,2-5,9-17H2,1H3. The van der Waals surface area contributed by atoms with Crippen molar-refractivity contribution >= 4 is 15.8 Å². The third-order valence-corrected chi connectivity index (χ3v) is 8.68. The lowest BCUT2D eigenvalue weighted by Crippen LogP contribution is -2.58. The average molecular weight is 443 g/mol. The number of halogens is 2. The first-order valence-corrected chi connectivity index (χ1v) is 12.6. The van der Waals surface area contributed by atoms with E-state index in [9.17, 15) is 22.0 Å². The van der Waals surface area contributed by atoms with E-state index in [2.05, 4.69) is 4.90 Å². The number of ketones is 1. The summed E-state index contributed by atoms with van der Waals surface area (Å²) < 4.78 is 54.3. The molecule has 5 nitrogen and oxygen atoms in total. The summed E-state index contributed by atoms with van der Waals surface area (Å²) in [5.74, 6) is -1.96. The van der Waals surface area contributed by atoms with Crippen molar-refractivity contribution < 1.29 is 22.0 Å². The highest BCUT2D eigenvalue weighted by molar-refractivity contribution is 7.89. The first-order valence-electron chi connectivity index (χ1n) is 11.0. The van der Waals surface area contributed by atoms with Crippen molar-refractivity contribution in [1.29, 1.82) is 0 Å².